The normalized spacial score (nSPS) is 35.6. The molecule has 3 fully saturated rings. The number of piperidine rings is 1. The molecule has 0 radical (unpaired) electrons. The number of halogens is 1. The molecule has 1 spiro atoms. The van der Waals surface area contributed by atoms with Gasteiger partial charge >= 0.3 is 6.03 Å². The molecule has 2 saturated heterocycles. The standard InChI is InChI=1S/C19H32N4O3.ClH/c1-12-7-18(3,4)11-19(8-12)16(25)23(17(26)22-19)10-15(24)21-14-9-20-6-5-13(14)2;/h12-14,20H,5-11H2,1-4H3,(H,21,24)(H,22,26);1H. The molecule has 4 atom stereocenters. The summed E-state index contributed by atoms with van der Waals surface area (Å²) in [5.74, 6) is 0.224. The summed E-state index contributed by atoms with van der Waals surface area (Å²) in [6.45, 7) is 9.98. The van der Waals surface area contributed by atoms with E-state index in [0.29, 0.717) is 24.7 Å². The van der Waals surface area contributed by atoms with Crippen LogP contribution in [0, 0.1) is 17.3 Å². The Morgan fingerprint density at radius 3 is 2.59 bits per heavy atom. The summed E-state index contributed by atoms with van der Waals surface area (Å²) < 4.78 is 0. The fourth-order valence-electron chi connectivity index (χ4n) is 5.23. The molecule has 3 rings (SSSR count). The highest BCUT2D eigenvalue weighted by molar-refractivity contribution is 6.09. The maximum absolute atomic E-state index is 13.1. The maximum Gasteiger partial charge on any atom is 0.325 e. The third-order valence-corrected chi connectivity index (χ3v) is 6.10. The van der Waals surface area contributed by atoms with E-state index < -0.39 is 11.6 Å². The second kappa shape index (κ2) is 7.95. The molecule has 154 valence electrons. The first-order valence-electron chi connectivity index (χ1n) is 9.76. The first kappa shape index (κ1) is 22.0. The van der Waals surface area contributed by atoms with Gasteiger partial charge in [0.25, 0.3) is 5.91 Å². The lowest BCUT2D eigenvalue weighted by molar-refractivity contribution is -0.137. The molecule has 0 aromatic heterocycles. The van der Waals surface area contributed by atoms with E-state index >= 15 is 0 Å². The number of nitrogens with one attached hydrogen (secondary N) is 3. The quantitative estimate of drug-likeness (QED) is 0.628. The second-order valence-electron chi connectivity index (χ2n) is 9.40. The summed E-state index contributed by atoms with van der Waals surface area (Å²) in [7, 11) is 0. The highest BCUT2D eigenvalue weighted by atomic mass is 35.5. The van der Waals surface area contributed by atoms with E-state index in [1.165, 1.54) is 0 Å². The number of carbonyl (C=O) groups excluding carboxylic acids is 3. The summed E-state index contributed by atoms with van der Waals surface area (Å²) in [5, 5.41) is 9.16. The second-order valence-corrected chi connectivity index (χ2v) is 9.40. The van der Waals surface area contributed by atoms with Gasteiger partial charge in [-0.1, -0.05) is 27.7 Å². The zero-order valence-corrected chi connectivity index (χ0v) is 17.6. The molecule has 0 aromatic rings. The smallest absolute Gasteiger partial charge is 0.325 e. The number of amides is 4. The predicted octanol–water partition coefficient (Wildman–Crippen LogP) is 1.66. The van der Waals surface area contributed by atoms with Gasteiger partial charge in [0.2, 0.25) is 5.91 Å². The maximum atomic E-state index is 13.1. The van der Waals surface area contributed by atoms with Crippen molar-refractivity contribution in [2.45, 2.75) is 65.0 Å². The first-order chi connectivity index (χ1) is 12.1. The Labute approximate surface area is 167 Å². The van der Waals surface area contributed by atoms with E-state index in [1.54, 1.807) is 0 Å². The van der Waals surface area contributed by atoms with E-state index in [9.17, 15) is 14.4 Å². The van der Waals surface area contributed by atoms with Crippen molar-refractivity contribution in [2.75, 3.05) is 19.6 Å². The Morgan fingerprint density at radius 1 is 1.26 bits per heavy atom. The van der Waals surface area contributed by atoms with Crippen LogP contribution in [0.25, 0.3) is 0 Å². The lowest BCUT2D eigenvalue weighted by Gasteiger charge is -2.43. The van der Waals surface area contributed by atoms with Crippen molar-refractivity contribution in [3.63, 3.8) is 0 Å². The van der Waals surface area contributed by atoms with Gasteiger partial charge in [-0.15, -0.1) is 12.4 Å². The van der Waals surface area contributed by atoms with Crippen LogP contribution in [-0.2, 0) is 9.59 Å². The van der Waals surface area contributed by atoms with Crippen LogP contribution < -0.4 is 16.0 Å². The van der Waals surface area contributed by atoms with Crippen molar-refractivity contribution in [3.05, 3.63) is 0 Å². The summed E-state index contributed by atoms with van der Waals surface area (Å²) >= 11 is 0. The molecule has 7 nitrogen and oxygen atoms in total. The van der Waals surface area contributed by atoms with E-state index in [2.05, 4.69) is 43.6 Å². The molecule has 0 bridgehead atoms. The van der Waals surface area contributed by atoms with Gasteiger partial charge in [-0.05, 0) is 49.5 Å². The zero-order valence-electron chi connectivity index (χ0n) is 16.8. The minimum absolute atomic E-state index is 0. The van der Waals surface area contributed by atoms with Crippen LogP contribution >= 0.6 is 12.4 Å². The number of hydrogen-bond donors (Lipinski definition) is 3. The summed E-state index contributed by atoms with van der Waals surface area (Å²) in [6.07, 6.45) is 3.30. The average molecular weight is 401 g/mol. The first-order valence-corrected chi connectivity index (χ1v) is 9.76. The van der Waals surface area contributed by atoms with Crippen LogP contribution in [-0.4, -0.2) is 54.0 Å². The molecule has 8 heteroatoms. The minimum Gasteiger partial charge on any atom is -0.350 e. The SMILES string of the molecule is CC1CC(C)(C)CC2(C1)NC(=O)N(CC(=O)NC1CNCCC1C)C2=O.Cl. The number of urea groups is 1. The number of nitrogens with zero attached hydrogens (tertiary/aromatic N) is 1. The monoisotopic (exact) mass is 400 g/mol. The molecular formula is C19H33ClN4O3. The molecule has 2 aliphatic heterocycles. The summed E-state index contributed by atoms with van der Waals surface area (Å²) in [5.41, 5.74) is -0.861. The minimum atomic E-state index is -0.849. The van der Waals surface area contributed by atoms with Gasteiger partial charge in [0.15, 0.2) is 0 Å². The van der Waals surface area contributed by atoms with Crippen LogP contribution in [0.2, 0.25) is 0 Å². The molecular weight excluding hydrogens is 368 g/mol. The molecule has 4 amide bonds. The lowest BCUT2D eigenvalue weighted by atomic mass is 9.64. The largest absolute Gasteiger partial charge is 0.350 e. The molecule has 27 heavy (non-hydrogen) atoms. The Morgan fingerprint density at radius 2 is 1.96 bits per heavy atom. The van der Waals surface area contributed by atoms with E-state index in [4.69, 9.17) is 0 Å². The van der Waals surface area contributed by atoms with E-state index in [1.807, 2.05) is 0 Å². The van der Waals surface area contributed by atoms with Gasteiger partial charge < -0.3 is 16.0 Å². The topological polar surface area (TPSA) is 90.5 Å². The van der Waals surface area contributed by atoms with Crippen LogP contribution in [0.15, 0.2) is 0 Å². The fraction of sp³-hybridized carbons (Fsp3) is 0.842. The Bertz CT molecular complexity index is 612. The number of hydrogen-bond acceptors (Lipinski definition) is 4. The van der Waals surface area contributed by atoms with E-state index in [-0.39, 0.29) is 42.2 Å². The Balaban J connectivity index is 0.00000261. The van der Waals surface area contributed by atoms with Crippen molar-refractivity contribution in [1.82, 2.24) is 20.9 Å². The number of imide groups is 1. The molecule has 4 unspecified atom stereocenters. The van der Waals surface area contributed by atoms with Crippen molar-refractivity contribution in [2.24, 2.45) is 17.3 Å². The molecule has 2 heterocycles. The Kier molecular flexibility index (Phi) is 6.47. The van der Waals surface area contributed by atoms with Gasteiger partial charge in [0.1, 0.15) is 12.1 Å². The van der Waals surface area contributed by atoms with Crippen molar-refractivity contribution < 1.29 is 14.4 Å². The molecule has 3 aliphatic rings. The van der Waals surface area contributed by atoms with Gasteiger partial charge in [-0.3, -0.25) is 14.5 Å². The van der Waals surface area contributed by atoms with Gasteiger partial charge in [-0.2, -0.15) is 0 Å². The zero-order chi connectivity index (χ0) is 19.1. The van der Waals surface area contributed by atoms with Crippen molar-refractivity contribution >= 4 is 30.3 Å². The molecule has 1 saturated carbocycles. The predicted molar refractivity (Wildman–Crippen MR) is 106 cm³/mol. The van der Waals surface area contributed by atoms with Crippen LogP contribution in [0.1, 0.15) is 53.4 Å². The van der Waals surface area contributed by atoms with Gasteiger partial charge in [0, 0.05) is 12.6 Å². The third kappa shape index (κ3) is 4.57. The third-order valence-electron chi connectivity index (χ3n) is 6.10. The summed E-state index contributed by atoms with van der Waals surface area (Å²) in [6, 6.07) is -0.399. The van der Waals surface area contributed by atoms with Crippen molar-refractivity contribution in [3.8, 4) is 0 Å². The van der Waals surface area contributed by atoms with Gasteiger partial charge in [0.05, 0.1) is 0 Å². The van der Waals surface area contributed by atoms with E-state index in [0.717, 1.165) is 30.8 Å². The number of rotatable bonds is 3. The Hall–Kier alpha value is -1.34. The summed E-state index contributed by atoms with van der Waals surface area (Å²) in [4.78, 5) is 39.1. The lowest BCUT2D eigenvalue weighted by Crippen LogP contribution is -2.55. The molecule has 0 aromatic carbocycles. The molecule has 3 N–H and O–H groups in total. The van der Waals surface area contributed by atoms with Crippen LogP contribution in [0.5, 0.6) is 0 Å². The average Bonchev–Trinajstić information content (AvgIpc) is 2.71. The highest BCUT2D eigenvalue weighted by Gasteiger charge is 2.56. The van der Waals surface area contributed by atoms with Gasteiger partial charge in [-0.25, -0.2) is 4.79 Å². The number of carbonyl (C=O) groups is 3. The van der Waals surface area contributed by atoms with Crippen molar-refractivity contribution in [1.29, 1.82) is 0 Å². The fourth-order valence-corrected chi connectivity index (χ4v) is 5.23. The molecule has 1 aliphatic carbocycles. The highest BCUT2D eigenvalue weighted by Crippen LogP contribution is 2.46. The van der Waals surface area contributed by atoms with Crippen LogP contribution in [0.3, 0.4) is 0 Å². The van der Waals surface area contributed by atoms with Crippen LogP contribution in [0.4, 0.5) is 4.79 Å².